The fourth-order valence-corrected chi connectivity index (χ4v) is 3.33. The Morgan fingerprint density at radius 2 is 2.00 bits per heavy atom. The molecule has 26 heavy (non-hydrogen) atoms. The summed E-state index contributed by atoms with van der Waals surface area (Å²) in [6.07, 6.45) is 4.28. The van der Waals surface area contributed by atoms with Crippen molar-refractivity contribution in [2.75, 3.05) is 46.3 Å². The third-order valence-corrected chi connectivity index (χ3v) is 4.99. The van der Waals surface area contributed by atoms with E-state index in [-0.39, 0.29) is 5.91 Å². The van der Waals surface area contributed by atoms with Gasteiger partial charge in [0, 0.05) is 50.9 Å². The monoisotopic (exact) mass is 381 g/mol. The Morgan fingerprint density at radius 3 is 2.65 bits per heavy atom. The first-order chi connectivity index (χ1) is 12.4. The van der Waals surface area contributed by atoms with Crippen LogP contribution in [-0.2, 0) is 11.3 Å². The standard InChI is InChI=1S/C19H32ClN5O/c1-15(2)14-25-19(20)17(16(3)22-25)6-7-18(26)21-8-5-9-24-12-10-23(4)11-13-24/h6-7,15H,5,8-14H2,1-4H3,(H,21,26). The first-order valence-electron chi connectivity index (χ1n) is 9.46. The Bertz CT molecular complexity index is 618. The van der Waals surface area contributed by atoms with E-state index in [1.54, 1.807) is 16.8 Å². The number of carbonyl (C=O) groups excluding carboxylic acids is 1. The van der Waals surface area contributed by atoms with Crippen LogP contribution in [-0.4, -0.2) is 71.8 Å². The maximum atomic E-state index is 12.0. The minimum Gasteiger partial charge on any atom is -0.353 e. The summed E-state index contributed by atoms with van der Waals surface area (Å²) in [5, 5.41) is 7.99. The Morgan fingerprint density at radius 1 is 1.31 bits per heavy atom. The summed E-state index contributed by atoms with van der Waals surface area (Å²) in [4.78, 5) is 16.8. The summed E-state index contributed by atoms with van der Waals surface area (Å²) >= 11 is 6.39. The summed E-state index contributed by atoms with van der Waals surface area (Å²) in [5.41, 5.74) is 1.66. The Labute approximate surface area is 162 Å². The third-order valence-electron chi connectivity index (χ3n) is 4.60. The fraction of sp³-hybridized carbons (Fsp3) is 0.684. The summed E-state index contributed by atoms with van der Waals surface area (Å²) in [6.45, 7) is 13.1. The molecule has 1 saturated heterocycles. The summed E-state index contributed by atoms with van der Waals surface area (Å²) in [6, 6.07) is 0. The number of aromatic nitrogens is 2. The van der Waals surface area contributed by atoms with Crippen LogP contribution >= 0.6 is 11.6 Å². The van der Waals surface area contributed by atoms with Crippen LogP contribution < -0.4 is 5.32 Å². The van der Waals surface area contributed by atoms with Crippen molar-refractivity contribution < 1.29 is 4.79 Å². The van der Waals surface area contributed by atoms with Crippen LogP contribution in [0.3, 0.4) is 0 Å². The average molecular weight is 382 g/mol. The first-order valence-corrected chi connectivity index (χ1v) is 9.84. The van der Waals surface area contributed by atoms with Gasteiger partial charge in [-0.05, 0) is 38.9 Å². The molecule has 0 spiro atoms. The van der Waals surface area contributed by atoms with Gasteiger partial charge < -0.3 is 15.1 Å². The van der Waals surface area contributed by atoms with Crippen molar-refractivity contribution >= 4 is 23.6 Å². The maximum absolute atomic E-state index is 12.0. The molecule has 146 valence electrons. The smallest absolute Gasteiger partial charge is 0.244 e. The van der Waals surface area contributed by atoms with Crippen LogP contribution in [0.5, 0.6) is 0 Å². The summed E-state index contributed by atoms with van der Waals surface area (Å²) < 4.78 is 1.80. The second-order valence-corrected chi connectivity index (χ2v) is 7.85. The number of amides is 1. The van der Waals surface area contributed by atoms with Gasteiger partial charge in [-0.25, -0.2) is 0 Å². The molecule has 0 atom stereocenters. The molecule has 6 nitrogen and oxygen atoms in total. The number of nitrogens with one attached hydrogen (secondary N) is 1. The molecule has 7 heteroatoms. The highest BCUT2D eigenvalue weighted by Crippen LogP contribution is 2.22. The van der Waals surface area contributed by atoms with Crippen LogP contribution in [0.15, 0.2) is 6.08 Å². The second kappa shape index (κ2) is 10.1. The predicted molar refractivity (Wildman–Crippen MR) is 107 cm³/mol. The molecular weight excluding hydrogens is 350 g/mol. The molecule has 0 unspecified atom stereocenters. The number of hydrogen-bond donors (Lipinski definition) is 1. The molecule has 2 rings (SSSR count). The van der Waals surface area contributed by atoms with Crippen LogP contribution in [0.1, 0.15) is 31.5 Å². The molecule has 0 aliphatic carbocycles. The van der Waals surface area contributed by atoms with Gasteiger partial charge in [0.05, 0.1) is 5.69 Å². The van der Waals surface area contributed by atoms with Gasteiger partial charge >= 0.3 is 0 Å². The van der Waals surface area contributed by atoms with Crippen LogP contribution in [0.2, 0.25) is 5.15 Å². The number of halogens is 1. The van der Waals surface area contributed by atoms with Gasteiger partial charge in [-0.3, -0.25) is 9.48 Å². The molecule has 0 radical (unpaired) electrons. The molecule has 1 aromatic rings. The molecule has 0 aromatic carbocycles. The van der Waals surface area contributed by atoms with Crippen molar-refractivity contribution in [1.82, 2.24) is 24.9 Å². The van der Waals surface area contributed by atoms with Crippen molar-refractivity contribution in [3.63, 3.8) is 0 Å². The van der Waals surface area contributed by atoms with Gasteiger partial charge in [-0.15, -0.1) is 0 Å². The first kappa shape index (κ1) is 20.9. The van der Waals surface area contributed by atoms with Gasteiger partial charge in [0.1, 0.15) is 5.15 Å². The van der Waals surface area contributed by atoms with Gasteiger partial charge in [0.25, 0.3) is 0 Å². The molecule has 1 amide bonds. The third kappa shape index (κ3) is 6.41. The number of hydrogen-bond acceptors (Lipinski definition) is 4. The number of likely N-dealkylation sites (N-methyl/N-ethyl adjacent to an activating group) is 1. The van der Waals surface area contributed by atoms with E-state index in [1.807, 2.05) is 6.92 Å². The van der Waals surface area contributed by atoms with Crippen LogP contribution in [0.25, 0.3) is 6.08 Å². The fourth-order valence-electron chi connectivity index (χ4n) is 3.03. The molecule has 1 aromatic heterocycles. The molecule has 1 aliphatic rings. The average Bonchev–Trinajstić information content (AvgIpc) is 2.84. The molecule has 1 N–H and O–H groups in total. The van der Waals surface area contributed by atoms with E-state index in [4.69, 9.17) is 11.6 Å². The molecular formula is C19H32ClN5O. The molecule has 2 heterocycles. The van der Waals surface area contributed by atoms with Crippen molar-refractivity contribution in [2.45, 2.75) is 33.7 Å². The number of carbonyl (C=O) groups is 1. The zero-order valence-electron chi connectivity index (χ0n) is 16.5. The van der Waals surface area contributed by atoms with Crippen molar-refractivity contribution in [2.24, 2.45) is 5.92 Å². The lowest BCUT2D eigenvalue weighted by molar-refractivity contribution is -0.116. The van der Waals surface area contributed by atoms with E-state index < -0.39 is 0 Å². The molecule has 0 saturated carbocycles. The Kier molecular flexibility index (Phi) is 8.13. The van der Waals surface area contributed by atoms with E-state index in [2.05, 4.69) is 41.1 Å². The van der Waals surface area contributed by atoms with Crippen molar-refractivity contribution in [3.8, 4) is 0 Å². The molecule has 0 bridgehead atoms. The highest BCUT2D eigenvalue weighted by atomic mass is 35.5. The van der Waals surface area contributed by atoms with Crippen molar-refractivity contribution in [1.29, 1.82) is 0 Å². The van der Waals surface area contributed by atoms with E-state index in [1.165, 1.54) is 0 Å². The molecule has 1 aliphatic heterocycles. The van der Waals surface area contributed by atoms with Crippen molar-refractivity contribution in [3.05, 3.63) is 22.5 Å². The zero-order chi connectivity index (χ0) is 19.1. The zero-order valence-corrected chi connectivity index (χ0v) is 17.2. The number of nitrogens with zero attached hydrogens (tertiary/aromatic N) is 4. The molecule has 1 fully saturated rings. The minimum absolute atomic E-state index is 0.0875. The number of aryl methyl sites for hydroxylation is 1. The second-order valence-electron chi connectivity index (χ2n) is 7.49. The quantitative estimate of drug-likeness (QED) is 0.554. The lowest BCUT2D eigenvalue weighted by atomic mass is 10.2. The highest BCUT2D eigenvalue weighted by molar-refractivity contribution is 6.31. The van der Waals surface area contributed by atoms with Gasteiger partial charge in [0.2, 0.25) is 5.91 Å². The van der Waals surface area contributed by atoms with Crippen LogP contribution in [0.4, 0.5) is 0 Å². The van der Waals surface area contributed by atoms with E-state index >= 15 is 0 Å². The number of rotatable bonds is 8. The maximum Gasteiger partial charge on any atom is 0.244 e. The van der Waals surface area contributed by atoms with Gasteiger partial charge in [-0.2, -0.15) is 5.10 Å². The minimum atomic E-state index is -0.0875. The lowest BCUT2D eigenvalue weighted by Crippen LogP contribution is -2.45. The van der Waals surface area contributed by atoms with Gasteiger partial charge in [0.15, 0.2) is 0 Å². The Balaban J connectivity index is 1.74. The largest absolute Gasteiger partial charge is 0.353 e. The topological polar surface area (TPSA) is 53.4 Å². The summed E-state index contributed by atoms with van der Waals surface area (Å²) in [7, 11) is 2.16. The van der Waals surface area contributed by atoms with E-state index in [9.17, 15) is 4.79 Å². The SMILES string of the molecule is Cc1nn(CC(C)C)c(Cl)c1C=CC(=O)NCCCN1CCN(C)CC1. The van der Waals surface area contributed by atoms with E-state index in [0.29, 0.717) is 17.6 Å². The Hall–Kier alpha value is -1.37. The number of piperazine rings is 1. The predicted octanol–water partition coefficient (Wildman–Crippen LogP) is 2.27. The normalized spacial score (nSPS) is 16.7. The van der Waals surface area contributed by atoms with E-state index in [0.717, 1.165) is 56.9 Å². The van der Waals surface area contributed by atoms with Gasteiger partial charge in [-0.1, -0.05) is 25.4 Å². The summed E-state index contributed by atoms with van der Waals surface area (Å²) in [5.74, 6) is 0.377. The lowest BCUT2D eigenvalue weighted by Gasteiger charge is -2.32. The van der Waals surface area contributed by atoms with Crippen LogP contribution in [0, 0.1) is 12.8 Å². The highest BCUT2D eigenvalue weighted by Gasteiger charge is 2.13.